The molecule has 1 heterocycles. The highest BCUT2D eigenvalue weighted by Crippen LogP contribution is 2.34. The van der Waals surface area contributed by atoms with Crippen molar-refractivity contribution in [2.24, 2.45) is 0 Å². The SMILES string of the molecule is Cc1cccc2c1C(=CNc1ccc(CC(=O)O)cc1)C(=O)N2. The Morgan fingerprint density at radius 3 is 2.65 bits per heavy atom. The van der Waals surface area contributed by atoms with Crippen molar-refractivity contribution in [2.45, 2.75) is 13.3 Å². The van der Waals surface area contributed by atoms with Gasteiger partial charge in [-0.25, -0.2) is 0 Å². The zero-order valence-electron chi connectivity index (χ0n) is 12.6. The number of rotatable bonds is 4. The fourth-order valence-corrected chi connectivity index (χ4v) is 2.62. The van der Waals surface area contributed by atoms with Crippen LogP contribution in [-0.4, -0.2) is 17.0 Å². The average Bonchev–Trinajstić information content (AvgIpc) is 2.83. The number of anilines is 2. The number of amides is 1. The van der Waals surface area contributed by atoms with Gasteiger partial charge < -0.3 is 15.7 Å². The van der Waals surface area contributed by atoms with E-state index >= 15 is 0 Å². The molecule has 23 heavy (non-hydrogen) atoms. The standard InChI is InChI=1S/C18H16N2O3/c1-11-3-2-4-15-17(11)14(18(23)20-15)10-19-13-7-5-12(6-8-13)9-16(21)22/h2-8,10,19H,9H2,1H3,(H,20,23)(H,21,22). The molecule has 0 atom stereocenters. The Kier molecular flexibility index (Phi) is 3.85. The van der Waals surface area contributed by atoms with Gasteiger partial charge in [-0.05, 0) is 36.2 Å². The van der Waals surface area contributed by atoms with Crippen molar-refractivity contribution in [3.05, 3.63) is 65.4 Å². The summed E-state index contributed by atoms with van der Waals surface area (Å²) in [7, 11) is 0. The number of carbonyl (C=O) groups excluding carboxylic acids is 1. The van der Waals surface area contributed by atoms with Crippen molar-refractivity contribution in [1.29, 1.82) is 0 Å². The van der Waals surface area contributed by atoms with Gasteiger partial charge in [0.25, 0.3) is 5.91 Å². The summed E-state index contributed by atoms with van der Waals surface area (Å²) in [6.45, 7) is 1.97. The fraction of sp³-hybridized carbons (Fsp3) is 0.111. The van der Waals surface area contributed by atoms with E-state index in [9.17, 15) is 9.59 Å². The van der Waals surface area contributed by atoms with Gasteiger partial charge >= 0.3 is 5.97 Å². The summed E-state index contributed by atoms with van der Waals surface area (Å²) >= 11 is 0. The summed E-state index contributed by atoms with van der Waals surface area (Å²) in [5.41, 5.74) is 4.88. The van der Waals surface area contributed by atoms with Crippen LogP contribution < -0.4 is 10.6 Å². The first kappa shape index (κ1) is 14.8. The predicted octanol–water partition coefficient (Wildman–Crippen LogP) is 3.03. The molecular formula is C18H16N2O3. The quantitative estimate of drug-likeness (QED) is 0.759. The van der Waals surface area contributed by atoms with Gasteiger partial charge in [0.05, 0.1) is 12.0 Å². The number of aliphatic carboxylic acids is 1. The van der Waals surface area contributed by atoms with Crippen molar-refractivity contribution < 1.29 is 14.7 Å². The lowest BCUT2D eigenvalue weighted by Gasteiger charge is -2.05. The van der Waals surface area contributed by atoms with Gasteiger partial charge in [-0.15, -0.1) is 0 Å². The third kappa shape index (κ3) is 3.08. The van der Waals surface area contributed by atoms with Crippen LogP contribution in [0.25, 0.3) is 5.57 Å². The van der Waals surface area contributed by atoms with Crippen molar-refractivity contribution in [1.82, 2.24) is 0 Å². The van der Waals surface area contributed by atoms with Gasteiger partial charge in [-0.2, -0.15) is 0 Å². The summed E-state index contributed by atoms with van der Waals surface area (Å²) in [6.07, 6.45) is 1.68. The number of nitrogens with one attached hydrogen (secondary N) is 2. The minimum atomic E-state index is -0.859. The van der Waals surface area contributed by atoms with E-state index in [0.29, 0.717) is 5.57 Å². The van der Waals surface area contributed by atoms with Crippen LogP contribution in [0.2, 0.25) is 0 Å². The zero-order chi connectivity index (χ0) is 16.4. The molecule has 0 spiro atoms. The second-order valence-corrected chi connectivity index (χ2v) is 5.42. The lowest BCUT2D eigenvalue weighted by atomic mass is 10.0. The first-order valence-corrected chi connectivity index (χ1v) is 7.23. The molecule has 2 aromatic rings. The Morgan fingerprint density at radius 1 is 1.22 bits per heavy atom. The van der Waals surface area contributed by atoms with E-state index in [1.807, 2.05) is 25.1 Å². The molecule has 0 fully saturated rings. The maximum atomic E-state index is 12.1. The van der Waals surface area contributed by atoms with Gasteiger partial charge in [0, 0.05) is 23.1 Å². The van der Waals surface area contributed by atoms with Crippen LogP contribution in [0.3, 0.4) is 0 Å². The lowest BCUT2D eigenvalue weighted by Crippen LogP contribution is -2.05. The third-order valence-corrected chi connectivity index (χ3v) is 3.73. The average molecular weight is 308 g/mol. The summed E-state index contributed by atoms with van der Waals surface area (Å²) < 4.78 is 0. The molecule has 3 N–H and O–H groups in total. The highest BCUT2D eigenvalue weighted by atomic mass is 16.4. The van der Waals surface area contributed by atoms with Crippen molar-refractivity contribution in [3.63, 3.8) is 0 Å². The maximum absolute atomic E-state index is 12.1. The molecule has 5 nitrogen and oxygen atoms in total. The van der Waals surface area contributed by atoms with E-state index in [2.05, 4.69) is 10.6 Å². The Labute approximate surface area is 133 Å². The molecule has 0 saturated carbocycles. The van der Waals surface area contributed by atoms with E-state index in [-0.39, 0.29) is 12.3 Å². The summed E-state index contributed by atoms with van der Waals surface area (Å²) in [5, 5.41) is 14.7. The monoisotopic (exact) mass is 308 g/mol. The molecule has 116 valence electrons. The summed E-state index contributed by atoms with van der Waals surface area (Å²) in [5.74, 6) is -0.994. The van der Waals surface area contributed by atoms with E-state index in [4.69, 9.17) is 5.11 Å². The Bertz CT molecular complexity index is 808. The van der Waals surface area contributed by atoms with Crippen LogP contribution in [0.1, 0.15) is 16.7 Å². The van der Waals surface area contributed by atoms with Crippen molar-refractivity contribution in [3.8, 4) is 0 Å². The number of carboxylic acids is 1. The molecule has 1 aliphatic heterocycles. The second-order valence-electron chi connectivity index (χ2n) is 5.42. The van der Waals surface area contributed by atoms with Crippen molar-refractivity contribution in [2.75, 3.05) is 10.6 Å². The Balaban J connectivity index is 1.81. The smallest absolute Gasteiger partial charge is 0.307 e. The van der Waals surface area contributed by atoms with Gasteiger partial charge in [0.2, 0.25) is 0 Å². The molecule has 1 amide bonds. The molecule has 0 unspecified atom stereocenters. The molecule has 5 heteroatoms. The zero-order valence-corrected chi connectivity index (χ0v) is 12.6. The molecule has 2 aromatic carbocycles. The van der Waals surface area contributed by atoms with Gasteiger partial charge in [0.15, 0.2) is 0 Å². The van der Waals surface area contributed by atoms with Gasteiger partial charge in [-0.3, -0.25) is 9.59 Å². The minimum Gasteiger partial charge on any atom is -0.481 e. The fourth-order valence-electron chi connectivity index (χ4n) is 2.62. The lowest BCUT2D eigenvalue weighted by molar-refractivity contribution is -0.136. The molecule has 0 aromatic heterocycles. The number of hydrogen-bond donors (Lipinski definition) is 3. The molecule has 0 bridgehead atoms. The largest absolute Gasteiger partial charge is 0.481 e. The molecule has 1 aliphatic rings. The van der Waals surface area contributed by atoms with Gasteiger partial charge in [-0.1, -0.05) is 24.3 Å². The van der Waals surface area contributed by atoms with E-state index in [0.717, 1.165) is 28.1 Å². The molecule has 0 aliphatic carbocycles. The minimum absolute atomic E-state index is 0.00363. The topological polar surface area (TPSA) is 78.4 Å². The molecule has 0 radical (unpaired) electrons. The van der Waals surface area contributed by atoms with Crippen LogP contribution in [0.4, 0.5) is 11.4 Å². The molecule has 3 rings (SSSR count). The summed E-state index contributed by atoms with van der Waals surface area (Å²) in [4.78, 5) is 22.8. The first-order valence-electron chi connectivity index (χ1n) is 7.23. The third-order valence-electron chi connectivity index (χ3n) is 3.73. The van der Waals surface area contributed by atoms with Crippen LogP contribution in [-0.2, 0) is 16.0 Å². The second kappa shape index (κ2) is 5.96. The van der Waals surface area contributed by atoms with Crippen LogP contribution in [0.5, 0.6) is 0 Å². The number of carbonyl (C=O) groups is 2. The van der Waals surface area contributed by atoms with Gasteiger partial charge in [0.1, 0.15) is 0 Å². The van der Waals surface area contributed by atoms with E-state index < -0.39 is 5.97 Å². The van der Waals surface area contributed by atoms with Crippen LogP contribution in [0, 0.1) is 6.92 Å². The number of benzene rings is 2. The predicted molar refractivity (Wildman–Crippen MR) is 89.2 cm³/mol. The first-order chi connectivity index (χ1) is 11.0. The number of hydrogen-bond acceptors (Lipinski definition) is 3. The number of carboxylic acid groups (broad SMARTS) is 1. The number of fused-ring (bicyclic) bond motifs is 1. The van der Waals surface area contributed by atoms with E-state index in [1.165, 1.54) is 0 Å². The highest BCUT2D eigenvalue weighted by molar-refractivity contribution is 6.32. The summed E-state index contributed by atoms with van der Waals surface area (Å²) in [6, 6.07) is 12.8. The van der Waals surface area contributed by atoms with Crippen LogP contribution >= 0.6 is 0 Å². The number of aryl methyl sites for hydroxylation is 1. The Hall–Kier alpha value is -3.08. The Morgan fingerprint density at radius 2 is 1.96 bits per heavy atom. The maximum Gasteiger partial charge on any atom is 0.307 e. The molecule has 0 saturated heterocycles. The van der Waals surface area contributed by atoms with E-state index in [1.54, 1.807) is 30.5 Å². The highest BCUT2D eigenvalue weighted by Gasteiger charge is 2.25. The van der Waals surface area contributed by atoms with Crippen LogP contribution in [0.15, 0.2) is 48.7 Å². The van der Waals surface area contributed by atoms with Crippen molar-refractivity contribution >= 4 is 28.8 Å². The normalized spacial score (nSPS) is 14.5. The molecular weight excluding hydrogens is 292 g/mol.